The van der Waals surface area contributed by atoms with Gasteiger partial charge in [0.05, 0.1) is 0 Å². The Hall–Kier alpha value is -0.820. The molecule has 1 unspecified atom stereocenters. The monoisotopic (exact) mass is 231 g/mol. The second-order valence-electron chi connectivity index (χ2n) is 6.55. The van der Waals surface area contributed by atoms with Gasteiger partial charge in [0, 0.05) is 6.04 Å². The van der Waals surface area contributed by atoms with Crippen LogP contribution in [0.3, 0.4) is 0 Å². The van der Waals surface area contributed by atoms with Gasteiger partial charge in [0.15, 0.2) is 0 Å². The van der Waals surface area contributed by atoms with E-state index in [1.54, 1.807) is 0 Å². The first-order valence-corrected chi connectivity index (χ1v) is 6.77. The number of nitrogens with one attached hydrogen (secondary N) is 1. The van der Waals surface area contributed by atoms with Crippen LogP contribution in [0.2, 0.25) is 0 Å². The van der Waals surface area contributed by atoms with Gasteiger partial charge in [-0.15, -0.1) is 0 Å². The highest BCUT2D eigenvalue weighted by molar-refractivity contribution is 5.33. The summed E-state index contributed by atoms with van der Waals surface area (Å²) in [6.07, 6.45) is 2.40. The van der Waals surface area contributed by atoms with Gasteiger partial charge in [-0.1, -0.05) is 52.0 Å². The predicted octanol–water partition coefficient (Wildman–Crippen LogP) is 3.43. The minimum atomic E-state index is 0.401. The molecule has 0 aliphatic heterocycles. The molecule has 0 spiro atoms. The maximum atomic E-state index is 3.73. The Bertz CT molecular complexity index is 350. The molecule has 1 nitrogen and oxygen atoms in total. The van der Waals surface area contributed by atoms with Crippen LogP contribution in [0.4, 0.5) is 0 Å². The van der Waals surface area contributed by atoms with Crippen molar-refractivity contribution in [1.29, 1.82) is 0 Å². The van der Waals surface area contributed by atoms with Crippen molar-refractivity contribution < 1.29 is 0 Å². The maximum absolute atomic E-state index is 3.73. The van der Waals surface area contributed by atoms with Crippen LogP contribution in [0.25, 0.3) is 0 Å². The molecule has 1 N–H and O–H groups in total. The second kappa shape index (κ2) is 4.81. The first-order chi connectivity index (χ1) is 7.97. The van der Waals surface area contributed by atoms with Gasteiger partial charge in [0.25, 0.3) is 0 Å². The Kier molecular flexibility index (Phi) is 3.58. The Morgan fingerprint density at radius 2 is 1.71 bits per heavy atom. The average molecular weight is 231 g/mol. The van der Waals surface area contributed by atoms with E-state index in [1.807, 2.05) is 0 Å². The van der Waals surface area contributed by atoms with Gasteiger partial charge < -0.3 is 5.32 Å². The molecule has 1 aliphatic carbocycles. The Morgan fingerprint density at radius 1 is 1.18 bits per heavy atom. The van der Waals surface area contributed by atoms with Gasteiger partial charge in [-0.25, -0.2) is 0 Å². The molecule has 0 bridgehead atoms. The number of hydrogen-bond donors (Lipinski definition) is 1. The van der Waals surface area contributed by atoms with E-state index in [0.717, 1.165) is 6.54 Å². The van der Waals surface area contributed by atoms with Gasteiger partial charge >= 0.3 is 0 Å². The summed E-state index contributed by atoms with van der Waals surface area (Å²) in [5, 5.41) is 3.73. The molecule has 0 radical (unpaired) electrons. The van der Waals surface area contributed by atoms with E-state index < -0.39 is 0 Å². The summed E-state index contributed by atoms with van der Waals surface area (Å²) >= 11 is 0. The number of fused-ring (bicyclic) bond motifs is 1. The summed E-state index contributed by atoms with van der Waals surface area (Å²) in [5.74, 6) is 0.714. The molecule has 94 valence electrons. The first-order valence-electron chi connectivity index (χ1n) is 6.77. The molecule has 1 aromatic carbocycles. The third-order valence-electron chi connectivity index (χ3n) is 4.24. The highest BCUT2D eigenvalue weighted by Crippen LogP contribution is 2.26. The lowest BCUT2D eigenvalue weighted by molar-refractivity contribution is 0.245. The minimum Gasteiger partial charge on any atom is -0.313 e. The molecule has 0 amide bonds. The zero-order valence-electron chi connectivity index (χ0n) is 11.6. The Morgan fingerprint density at radius 3 is 2.18 bits per heavy atom. The van der Waals surface area contributed by atoms with Gasteiger partial charge in [0.1, 0.15) is 0 Å². The van der Waals surface area contributed by atoms with Crippen LogP contribution in [0.5, 0.6) is 0 Å². The van der Waals surface area contributed by atoms with Crippen molar-refractivity contribution in [2.24, 2.45) is 11.3 Å². The van der Waals surface area contributed by atoms with Crippen molar-refractivity contribution in [2.75, 3.05) is 6.54 Å². The van der Waals surface area contributed by atoms with Crippen molar-refractivity contribution in [3.05, 3.63) is 35.4 Å². The van der Waals surface area contributed by atoms with E-state index in [1.165, 1.54) is 24.0 Å². The van der Waals surface area contributed by atoms with E-state index in [-0.39, 0.29) is 0 Å². The smallest absolute Gasteiger partial charge is 0.0148 e. The molecular weight excluding hydrogens is 206 g/mol. The summed E-state index contributed by atoms with van der Waals surface area (Å²) in [7, 11) is 0. The van der Waals surface area contributed by atoms with Crippen molar-refractivity contribution >= 4 is 0 Å². The third kappa shape index (κ3) is 3.10. The molecule has 0 saturated carbocycles. The summed E-state index contributed by atoms with van der Waals surface area (Å²) in [4.78, 5) is 0. The zero-order chi connectivity index (χ0) is 12.5. The van der Waals surface area contributed by atoms with E-state index in [0.29, 0.717) is 17.4 Å². The number of rotatable bonds is 3. The lowest BCUT2D eigenvalue weighted by Gasteiger charge is -2.28. The van der Waals surface area contributed by atoms with Crippen LogP contribution in [0.15, 0.2) is 24.3 Å². The molecule has 2 rings (SSSR count). The second-order valence-corrected chi connectivity index (χ2v) is 6.55. The van der Waals surface area contributed by atoms with Crippen LogP contribution in [-0.2, 0) is 12.8 Å². The highest BCUT2D eigenvalue weighted by atomic mass is 14.9. The Labute approximate surface area is 106 Å². The molecule has 0 heterocycles. The predicted molar refractivity (Wildman–Crippen MR) is 74.3 cm³/mol. The first kappa shape index (κ1) is 12.6. The summed E-state index contributed by atoms with van der Waals surface area (Å²) < 4.78 is 0. The average Bonchev–Trinajstić information content (AvgIpc) is 2.66. The molecule has 1 aromatic rings. The van der Waals surface area contributed by atoms with Crippen LogP contribution in [0, 0.1) is 11.3 Å². The molecule has 17 heavy (non-hydrogen) atoms. The fourth-order valence-corrected chi connectivity index (χ4v) is 2.35. The van der Waals surface area contributed by atoms with Crippen molar-refractivity contribution in [1.82, 2.24) is 5.32 Å². The van der Waals surface area contributed by atoms with Crippen molar-refractivity contribution in [2.45, 2.75) is 46.6 Å². The van der Waals surface area contributed by atoms with E-state index in [4.69, 9.17) is 0 Å². The van der Waals surface area contributed by atoms with Crippen LogP contribution in [-0.4, -0.2) is 12.6 Å². The fraction of sp³-hybridized carbons (Fsp3) is 0.625. The zero-order valence-corrected chi connectivity index (χ0v) is 11.6. The molecule has 1 heteroatoms. The largest absolute Gasteiger partial charge is 0.313 e. The SMILES string of the molecule is CC(CNC1Cc2ccccc2C1)C(C)(C)C. The van der Waals surface area contributed by atoms with Crippen LogP contribution in [0.1, 0.15) is 38.8 Å². The molecule has 0 aromatic heterocycles. The molecule has 0 saturated heterocycles. The van der Waals surface area contributed by atoms with E-state index in [9.17, 15) is 0 Å². The maximum Gasteiger partial charge on any atom is 0.0148 e. The topological polar surface area (TPSA) is 12.0 Å². The van der Waals surface area contributed by atoms with Gasteiger partial charge in [0.2, 0.25) is 0 Å². The van der Waals surface area contributed by atoms with Crippen molar-refractivity contribution in [3.8, 4) is 0 Å². The van der Waals surface area contributed by atoms with Crippen LogP contribution >= 0.6 is 0 Å². The van der Waals surface area contributed by atoms with Gasteiger partial charge in [-0.3, -0.25) is 0 Å². The standard InChI is InChI=1S/C16H25N/c1-12(16(2,3)4)11-17-15-9-13-7-5-6-8-14(13)10-15/h5-8,12,15,17H,9-11H2,1-4H3. The highest BCUT2D eigenvalue weighted by Gasteiger charge is 2.24. The van der Waals surface area contributed by atoms with Gasteiger partial charge in [-0.2, -0.15) is 0 Å². The van der Waals surface area contributed by atoms with Gasteiger partial charge in [-0.05, 0) is 41.8 Å². The van der Waals surface area contributed by atoms with Crippen molar-refractivity contribution in [3.63, 3.8) is 0 Å². The third-order valence-corrected chi connectivity index (χ3v) is 4.24. The Balaban J connectivity index is 1.85. The summed E-state index contributed by atoms with van der Waals surface area (Å²) in [5.41, 5.74) is 3.47. The quantitative estimate of drug-likeness (QED) is 0.840. The lowest BCUT2D eigenvalue weighted by Crippen LogP contribution is -2.37. The molecule has 1 atom stereocenters. The summed E-state index contributed by atoms with van der Waals surface area (Å²) in [6.45, 7) is 10.4. The molecule has 1 aliphatic rings. The van der Waals surface area contributed by atoms with Crippen LogP contribution < -0.4 is 5.32 Å². The number of benzene rings is 1. The molecule has 0 fully saturated rings. The summed E-state index contributed by atoms with van der Waals surface area (Å²) in [6, 6.07) is 9.49. The number of hydrogen-bond acceptors (Lipinski definition) is 1. The fourth-order valence-electron chi connectivity index (χ4n) is 2.35. The minimum absolute atomic E-state index is 0.401. The lowest BCUT2D eigenvalue weighted by atomic mass is 9.82. The van der Waals surface area contributed by atoms with E-state index in [2.05, 4.69) is 57.3 Å². The normalized spacial score (nSPS) is 18.1. The molecular formula is C16H25N. The van der Waals surface area contributed by atoms with E-state index >= 15 is 0 Å².